The van der Waals surface area contributed by atoms with Crippen molar-refractivity contribution >= 4 is 35.7 Å². The Morgan fingerprint density at radius 3 is 2.67 bits per heavy atom. The summed E-state index contributed by atoms with van der Waals surface area (Å²) >= 11 is 3.08. The van der Waals surface area contributed by atoms with E-state index in [1.165, 1.54) is 36.3 Å². The lowest BCUT2D eigenvalue weighted by Gasteiger charge is -2.24. The maximum Gasteiger partial charge on any atom is 0.459 e. The Kier molecular flexibility index (Phi) is 10.7. The van der Waals surface area contributed by atoms with Gasteiger partial charge in [-0.3, -0.25) is 23.7 Å². The van der Waals surface area contributed by atoms with E-state index >= 15 is 0 Å². The molecule has 0 bridgehead atoms. The van der Waals surface area contributed by atoms with E-state index in [4.69, 9.17) is 18.5 Å². The summed E-state index contributed by atoms with van der Waals surface area (Å²) in [5.41, 5.74) is -0.440. The number of carbonyl (C=O) groups is 1. The fourth-order valence-corrected chi connectivity index (χ4v) is 5.76. The van der Waals surface area contributed by atoms with Crippen LogP contribution in [0.25, 0.3) is 6.08 Å². The van der Waals surface area contributed by atoms with Gasteiger partial charge in [0.2, 0.25) is 0 Å². The number of hydrogen-bond donors (Lipinski definition) is 3. The molecule has 5 atom stereocenters. The molecular formula is C27H28BrFN3O9P. The first-order chi connectivity index (χ1) is 20.1. The number of ether oxygens (including phenoxy) is 2. The van der Waals surface area contributed by atoms with Crippen LogP contribution in [0.4, 0.5) is 4.39 Å². The zero-order valence-electron chi connectivity index (χ0n) is 22.2. The molecule has 0 amide bonds. The van der Waals surface area contributed by atoms with Crippen LogP contribution in [0.1, 0.15) is 30.7 Å². The fourth-order valence-electron chi connectivity index (χ4n) is 3.98. The summed E-state index contributed by atoms with van der Waals surface area (Å²) in [5.74, 6) is -1.31. The minimum Gasteiger partial charge on any atom is -0.460 e. The zero-order chi connectivity index (χ0) is 30.3. The summed E-state index contributed by atoms with van der Waals surface area (Å²) in [6.45, 7) is 0.896. The Balaban J connectivity index is 1.46. The predicted octanol–water partition coefficient (Wildman–Crippen LogP) is 3.61. The summed E-state index contributed by atoms with van der Waals surface area (Å²) in [4.78, 5) is 40.7. The first-order valence-electron chi connectivity index (χ1n) is 12.7. The van der Waals surface area contributed by atoms with Gasteiger partial charge in [-0.1, -0.05) is 46.3 Å². The first-order valence-corrected chi connectivity index (χ1v) is 15.2. The van der Waals surface area contributed by atoms with E-state index in [-0.39, 0.29) is 24.3 Å². The van der Waals surface area contributed by atoms with Crippen LogP contribution in [0.2, 0.25) is 0 Å². The van der Waals surface area contributed by atoms with E-state index in [2.05, 4.69) is 26.0 Å². The van der Waals surface area contributed by atoms with Crippen molar-refractivity contribution in [1.29, 1.82) is 0 Å². The first kappa shape index (κ1) is 31.5. The van der Waals surface area contributed by atoms with Gasteiger partial charge in [0.05, 0.1) is 18.3 Å². The smallest absolute Gasteiger partial charge is 0.459 e. The number of rotatable bonds is 12. The second-order valence-electron chi connectivity index (χ2n) is 9.26. The third-order valence-corrected chi connectivity index (χ3v) is 8.04. The molecule has 2 aromatic carbocycles. The highest BCUT2D eigenvalue weighted by atomic mass is 79.9. The van der Waals surface area contributed by atoms with E-state index in [0.29, 0.717) is 0 Å². The third-order valence-electron chi connectivity index (χ3n) is 6.13. The third kappa shape index (κ3) is 8.34. The minimum absolute atomic E-state index is 0.0174. The molecule has 0 radical (unpaired) electrons. The minimum atomic E-state index is -4.36. The van der Waals surface area contributed by atoms with Crippen LogP contribution in [-0.2, 0) is 30.0 Å². The van der Waals surface area contributed by atoms with E-state index in [1.54, 1.807) is 24.3 Å². The maximum absolute atomic E-state index is 13.8. The molecule has 12 nitrogen and oxygen atoms in total. The highest BCUT2D eigenvalue weighted by molar-refractivity contribution is 9.11. The monoisotopic (exact) mass is 667 g/mol. The van der Waals surface area contributed by atoms with Gasteiger partial charge in [0.1, 0.15) is 36.5 Å². The van der Waals surface area contributed by atoms with Gasteiger partial charge in [0.15, 0.2) is 0 Å². The van der Waals surface area contributed by atoms with Crippen LogP contribution >= 0.6 is 23.7 Å². The Morgan fingerprint density at radius 2 is 1.98 bits per heavy atom. The topological polar surface area (TPSA) is 158 Å². The number of H-pyrrole nitrogens is 1. The molecule has 3 N–H and O–H groups in total. The second kappa shape index (κ2) is 14.2. The van der Waals surface area contributed by atoms with Crippen LogP contribution in [0, 0.1) is 5.82 Å². The standard InChI is InChI=1S/C27H28BrFN3O9P/c1-17(26(35)38-15-18-5-3-2-4-6-18)31-42(37,41-21-9-7-20(29)8-10-21)39-16-23-22(33)13-24(40-23)32-14-19(11-12-28)25(34)30-27(32)36/h2-12,14,17,22-24,33H,13,15-16H2,1H3,(H,31,37)(H,30,34,36)/b12-11+/t17-,22-,23+,24+,42?/m0/s1. The maximum atomic E-state index is 13.8. The molecule has 1 aliphatic heterocycles. The molecule has 2 heterocycles. The number of esters is 1. The average molecular weight is 668 g/mol. The lowest BCUT2D eigenvalue weighted by atomic mass is 10.2. The van der Waals surface area contributed by atoms with Crippen molar-refractivity contribution < 1.29 is 37.4 Å². The number of aliphatic hydroxyl groups excluding tert-OH is 1. The molecule has 3 aromatic rings. The van der Waals surface area contributed by atoms with Gasteiger partial charge < -0.3 is 19.1 Å². The van der Waals surface area contributed by atoms with Crippen molar-refractivity contribution in [2.45, 2.75) is 44.4 Å². The number of halogens is 2. The summed E-state index contributed by atoms with van der Waals surface area (Å²) in [6.07, 6.45) is -0.533. The average Bonchev–Trinajstić information content (AvgIpc) is 3.34. The van der Waals surface area contributed by atoms with Crippen molar-refractivity contribution in [3.05, 3.63) is 104 Å². The van der Waals surface area contributed by atoms with Gasteiger partial charge in [-0.15, -0.1) is 0 Å². The molecule has 1 fully saturated rings. The summed E-state index contributed by atoms with van der Waals surface area (Å²) in [5, 5.41) is 13.1. The van der Waals surface area contributed by atoms with Gasteiger partial charge in [-0.2, -0.15) is 5.09 Å². The van der Waals surface area contributed by atoms with Crippen LogP contribution in [0.3, 0.4) is 0 Å². The number of aromatic nitrogens is 2. The normalized spacial score (nSPS) is 20.7. The number of nitrogens with zero attached hydrogens (tertiary/aromatic N) is 1. The lowest BCUT2D eigenvalue weighted by Crippen LogP contribution is -2.36. The number of carbonyl (C=O) groups excluding carboxylic acids is 1. The Hall–Kier alpha value is -3.39. The Bertz CT molecular complexity index is 1570. The molecule has 224 valence electrons. The van der Waals surface area contributed by atoms with Crippen LogP contribution in [-0.4, -0.2) is 45.5 Å². The van der Waals surface area contributed by atoms with Crippen molar-refractivity contribution in [1.82, 2.24) is 14.6 Å². The molecule has 1 unspecified atom stereocenters. The fraction of sp³-hybridized carbons (Fsp3) is 0.296. The van der Waals surface area contributed by atoms with Crippen molar-refractivity contribution in [2.24, 2.45) is 0 Å². The molecule has 0 spiro atoms. The SMILES string of the molecule is C[C@H](NP(=O)(OC[C@H]1O[C@@H](n2cc(/C=C/Br)c(=O)[nH]c2=O)C[C@@H]1O)Oc1ccc(F)cc1)C(=O)OCc1ccccc1. The quantitative estimate of drug-likeness (QED) is 0.192. The van der Waals surface area contributed by atoms with Gasteiger partial charge in [0.25, 0.3) is 5.56 Å². The van der Waals surface area contributed by atoms with Crippen molar-refractivity contribution in [3.63, 3.8) is 0 Å². The number of aliphatic hydroxyl groups is 1. The number of hydrogen-bond acceptors (Lipinski definition) is 9. The molecule has 1 saturated heterocycles. The molecule has 1 aliphatic rings. The summed E-state index contributed by atoms with van der Waals surface area (Å²) < 4.78 is 50.5. The molecule has 0 saturated carbocycles. The van der Waals surface area contributed by atoms with E-state index in [9.17, 15) is 28.4 Å². The molecule has 42 heavy (non-hydrogen) atoms. The number of benzene rings is 2. The predicted molar refractivity (Wildman–Crippen MR) is 153 cm³/mol. The molecule has 4 rings (SSSR count). The van der Waals surface area contributed by atoms with Crippen molar-refractivity contribution in [2.75, 3.05) is 6.61 Å². The molecular weight excluding hydrogens is 640 g/mol. The zero-order valence-corrected chi connectivity index (χ0v) is 24.7. The summed E-state index contributed by atoms with van der Waals surface area (Å²) in [7, 11) is -4.36. The highest BCUT2D eigenvalue weighted by Crippen LogP contribution is 2.46. The van der Waals surface area contributed by atoms with Crippen LogP contribution in [0.15, 0.2) is 75.4 Å². The summed E-state index contributed by atoms with van der Waals surface area (Å²) in [6, 6.07) is 12.4. The van der Waals surface area contributed by atoms with Gasteiger partial charge in [-0.25, -0.2) is 13.8 Å². The van der Waals surface area contributed by atoms with Gasteiger partial charge in [-0.05, 0) is 47.8 Å². The van der Waals surface area contributed by atoms with Crippen LogP contribution < -0.4 is 20.9 Å². The van der Waals surface area contributed by atoms with Crippen molar-refractivity contribution in [3.8, 4) is 5.75 Å². The highest BCUT2D eigenvalue weighted by Gasteiger charge is 2.39. The molecule has 0 aliphatic carbocycles. The lowest BCUT2D eigenvalue weighted by molar-refractivity contribution is -0.146. The number of aromatic amines is 1. The Morgan fingerprint density at radius 1 is 1.26 bits per heavy atom. The largest absolute Gasteiger partial charge is 0.460 e. The van der Waals surface area contributed by atoms with Gasteiger partial charge in [0, 0.05) is 12.6 Å². The van der Waals surface area contributed by atoms with E-state index < -0.39 is 61.9 Å². The van der Waals surface area contributed by atoms with E-state index in [1.807, 2.05) is 6.07 Å². The Labute approximate surface area is 247 Å². The molecule has 1 aromatic heterocycles. The molecule has 15 heteroatoms. The second-order valence-corrected chi connectivity index (χ2v) is 11.5. The number of nitrogens with one attached hydrogen (secondary N) is 2. The van der Waals surface area contributed by atoms with E-state index in [0.717, 1.165) is 22.3 Å². The van der Waals surface area contributed by atoms with Crippen LogP contribution in [0.5, 0.6) is 5.75 Å². The van der Waals surface area contributed by atoms with Gasteiger partial charge >= 0.3 is 19.4 Å².